The van der Waals surface area contributed by atoms with E-state index < -0.39 is 23.5 Å². The summed E-state index contributed by atoms with van der Waals surface area (Å²) in [4.78, 5) is 25.0. The highest BCUT2D eigenvalue weighted by molar-refractivity contribution is 5.96. The summed E-state index contributed by atoms with van der Waals surface area (Å²) in [6.45, 7) is 8.15. The lowest BCUT2D eigenvalue weighted by molar-refractivity contribution is -0.130. The second kappa shape index (κ2) is 8.01. The van der Waals surface area contributed by atoms with Crippen LogP contribution in [0.15, 0.2) is 28.9 Å². The van der Waals surface area contributed by atoms with E-state index in [0.717, 1.165) is 0 Å². The van der Waals surface area contributed by atoms with Gasteiger partial charge in [-0.15, -0.1) is 0 Å². The zero-order chi connectivity index (χ0) is 21.1. The lowest BCUT2D eigenvalue weighted by Gasteiger charge is -2.28. The van der Waals surface area contributed by atoms with Crippen LogP contribution in [0.2, 0.25) is 0 Å². The van der Waals surface area contributed by atoms with Gasteiger partial charge in [0.1, 0.15) is 28.5 Å². The van der Waals surface area contributed by atoms with Crippen molar-refractivity contribution in [3.05, 3.63) is 41.4 Å². The Hall–Kier alpha value is -3.52. The van der Waals surface area contributed by atoms with Gasteiger partial charge in [0.15, 0.2) is 6.10 Å². The monoisotopic (exact) mass is 382 g/mol. The Balaban J connectivity index is 2.23. The Morgan fingerprint density at radius 1 is 1.25 bits per heavy atom. The van der Waals surface area contributed by atoms with Crippen molar-refractivity contribution in [2.24, 2.45) is 5.92 Å². The van der Waals surface area contributed by atoms with Gasteiger partial charge in [-0.05, 0) is 38.8 Å². The fourth-order valence-corrected chi connectivity index (χ4v) is 2.46. The van der Waals surface area contributed by atoms with Gasteiger partial charge in [0.05, 0.1) is 6.07 Å². The number of carbonyl (C=O) groups is 2. The molecule has 146 valence electrons. The summed E-state index contributed by atoms with van der Waals surface area (Å²) < 4.78 is 12.4. The SMILES string of the molecule is Cc1oc(-n2cccc2)c(C#N)c1C(=O)O[C@H](C)C(=O)N[C@](C)(C#N)C(C)C. The van der Waals surface area contributed by atoms with Gasteiger partial charge in [-0.3, -0.25) is 9.36 Å². The lowest BCUT2D eigenvalue weighted by atomic mass is 9.90. The summed E-state index contributed by atoms with van der Waals surface area (Å²) in [5.41, 5.74) is -1.10. The molecule has 2 aromatic heterocycles. The van der Waals surface area contributed by atoms with E-state index in [-0.39, 0.29) is 28.7 Å². The van der Waals surface area contributed by atoms with Crippen molar-refractivity contribution in [3.8, 4) is 18.0 Å². The Kier molecular flexibility index (Phi) is 5.95. The number of nitriles is 2. The summed E-state index contributed by atoms with van der Waals surface area (Å²) in [5, 5.41) is 21.4. The minimum absolute atomic E-state index is 0.0235. The molecule has 0 aliphatic rings. The number of aromatic nitrogens is 1. The second-order valence-corrected chi connectivity index (χ2v) is 6.92. The first kappa shape index (κ1) is 20.8. The van der Waals surface area contributed by atoms with Gasteiger partial charge in [0, 0.05) is 12.4 Å². The Morgan fingerprint density at radius 3 is 2.36 bits per heavy atom. The van der Waals surface area contributed by atoms with Gasteiger partial charge in [0.2, 0.25) is 5.88 Å². The maximum Gasteiger partial charge on any atom is 0.343 e. The van der Waals surface area contributed by atoms with E-state index in [2.05, 4.69) is 11.4 Å². The van der Waals surface area contributed by atoms with Gasteiger partial charge in [-0.2, -0.15) is 10.5 Å². The van der Waals surface area contributed by atoms with Crippen LogP contribution in [0, 0.1) is 35.5 Å². The molecule has 0 saturated heterocycles. The molecule has 2 aromatic rings. The molecule has 0 unspecified atom stereocenters. The summed E-state index contributed by atoms with van der Waals surface area (Å²) in [5.74, 6) is -1.18. The quantitative estimate of drug-likeness (QED) is 0.767. The molecule has 2 atom stereocenters. The van der Waals surface area contributed by atoms with Crippen LogP contribution in [-0.4, -0.2) is 28.1 Å². The number of esters is 1. The van der Waals surface area contributed by atoms with Crippen LogP contribution in [0.1, 0.15) is 49.4 Å². The fraction of sp³-hybridized carbons (Fsp3) is 0.400. The molecule has 0 fully saturated rings. The Labute approximate surface area is 163 Å². The molecular weight excluding hydrogens is 360 g/mol. The summed E-state index contributed by atoms with van der Waals surface area (Å²) >= 11 is 0. The topological polar surface area (TPSA) is 121 Å². The average molecular weight is 382 g/mol. The zero-order valence-corrected chi connectivity index (χ0v) is 16.4. The largest absolute Gasteiger partial charge is 0.449 e. The van der Waals surface area contributed by atoms with E-state index >= 15 is 0 Å². The van der Waals surface area contributed by atoms with E-state index in [4.69, 9.17) is 9.15 Å². The normalized spacial score (nSPS) is 13.9. The van der Waals surface area contributed by atoms with E-state index in [1.54, 1.807) is 56.8 Å². The number of amides is 1. The first-order valence-corrected chi connectivity index (χ1v) is 8.75. The van der Waals surface area contributed by atoms with Crippen LogP contribution >= 0.6 is 0 Å². The number of rotatable bonds is 6. The first-order chi connectivity index (χ1) is 13.1. The third-order valence-corrected chi connectivity index (χ3v) is 4.64. The van der Waals surface area contributed by atoms with Gasteiger partial charge in [0.25, 0.3) is 5.91 Å². The maximum absolute atomic E-state index is 12.6. The maximum atomic E-state index is 12.6. The summed E-state index contributed by atoms with van der Waals surface area (Å²) in [6, 6.07) is 7.53. The molecule has 0 aliphatic carbocycles. The predicted octanol–water partition coefficient (Wildman–Crippen LogP) is 2.85. The predicted molar refractivity (Wildman–Crippen MR) is 99.4 cm³/mol. The molecule has 2 rings (SSSR count). The first-order valence-electron chi connectivity index (χ1n) is 8.75. The number of hydrogen-bond acceptors (Lipinski definition) is 6. The van der Waals surface area contributed by atoms with E-state index in [1.165, 1.54) is 6.92 Å². The number of aryl methyl sites for hydroxylation is 1. The highest BCUT2D eigenvalue weighted by Crippen LogP contribution is 2.26. The van der Waals surface area contributed by atoms with Gasteiger partial charge >= 0.3 is 5.97 Å². The van der Waals surface area contributed by atoms with E-state index in [9.17, 15) is 20.1 Å². The summed E-state index contributed by atoms with van der Waals surface area (Å²) in [7, 11) is 0. The van der Waals surface area contributed by atoms with Crippen molar-refractivity contribution in [1.82, 2.24) is 9.88 Å². The number of ether oxygens (including phenoxy) is 1. The Bertz CT molecular complexity index is 960. The van der Waals surface area contributed by atoms with Crippen molar-refractivity contribution < 1.29 is 18.7 Å². The molecule has 1 amide bonds. The molecule has 1 N–H and O–H groups in total. The minimum Gasteiger partial charge on any atom is -0.449 e. The molecule has 28 heavy (non-hydrogen) atoms. The second-order valence-electron chi connectivity index (χ2n) is 6.92. The molecule has 0 saturated carbocycles. The number of nitrogens with one attached hydrogen (secondary N) is 1. The van der Waals surface area contributed by atoms with Crippen LogP contribution in [0.25, 0.3) is 5.88 Å². The number of hydrogen-bond donors (Lipinski definition) is 1. The van der Waals surface area contributed by atoms with Crippen molar-refractivity contribution in [2.75, 3.05) is 0 Å². The van der Waals surface area contributed by atoms with Crippen molar-refractivity contribution in [2.45, 2.75) is 46.3 Å². The molecule has 0 spiro atoms. The van der Waals surface area contributed by atoms with Crippen LogP contribution in [0.4, 0.5) is 0 Å². The highest BCUT2D eigenvalue weighted by atomic mass is 16.5. The minimum atomic E-state index is -1.16. The van der Waals surface area contributed by atoms with Crippen molar-refractivity contribution in [3.63, 3.8) is 0 Å². The molecule has 0 aromatic carbocycles. The van der Waals surface area contributed by atoms with Gasteiger partial charge < -0.3 is 14.5 Å². The summed E-state index contributed by atoms with van der Waals surface area (Å²) in [6.07, 6.45) is 2.20. The van der Waals surface area contributed by atoms with Crippen molar-refractivity contribution >= 4 is 11.9 Å². The third kappa shape index (κ3) is 3.91. The number of nitrogens with zero attached hydrogens (tertiary/aromatic N) is 3. The van der Waals surface area contributed by atoms with Gasteiger partial charge in [-0.1, -0.05) is 13.8 Å². The molecule has 0 radical (unpaired) electrons. The van der Waals surface area contributed by atoms with E-state index in [0.29, 0.717) is 0 Å². The molecular formula is C20H22N4O4. The zero-order valence-electron chi connectivity index (χ0n) is 16.4. The highest BCUT2D eigenvalue weighted by Gasteiger charge is 2.34. The van der Waals surface area contributed by atoms with Gasteiger partial charge in [-0.25, -0.2) is 4.79 Å². The standard InChI is InChI=1S/C20H22N4O4/c1-12(2)20(5,11-22)23-17(25)14(4)28-19(26)16-13(3)27-18(15(16)10-21)24-8-6-7-9-24/h6-9,12,14H,1-5H3,(H,23,25)/t14-,20-/m1/s1. The van der Waals surface area contributed by atoms with Crippen LogP contribution in [-0.2, 0) is 9.53 Å². The molecule has 8 nitrogen and oxygen atoms in total. The number of furan rings is 1. The van der Waals surface area contributed by atoms with Crippen LogP contribution < -0.4 is 5.32 Å². The smallest absolute Gasteiger partial charge is 0.343 e. The third-order valence-electron chi connectivity index (χ3n) is 4.64. The fourth-order valence-electron chi connectivity index (χ4n) is 2.46. The van der Waals surface area contributed by atoms with E-state index in [1.807, 2.05) is 6.07 Å². The molecule has 2 heterocycles. The average Bonchev–Trinajstić information content (AvgIpc) is 3.28. The lowest BCUT2D eigenvalue weighted by Crippen LogP contribution is -2.52. The Morgan fingerprint density at radius 2 is 1.86 bits per heavy atom. The number of carbonyl (C=O) groups excluding carboxylic acids is 2. The van der Waals surface area contributed by atoms with Crippen LogP contribution in [0.3, 0.4) is 0 Å². The molecule has 0 bridgehead atoms. The molecule has 0 aliphatic heterocycles. The molecule has 8 heteroatoms. The van der Waals surface area contributed by atoms with Crippen molar-refractivity contribution in [1.29, 1.82) is 10.5 Å². The van der Waals surface area contributed by atoms with Crippen LogP contribution in [0.5, 0.6) is 0 Å².